The zero-order chi connectivity index (χ0) is 41.1. The van der Waals surface area contributed by atoms with E-state index in [9.17, 15) is 10.5 Å². The van der Waals surface area contributed by atoms with Crippen LogP contribution in [0, 0.1) is 29.2 Å². The highest BCUT2D eigenvalue weighted by Gasteiger charge is 2.36. The van der Waals surface area contributed by atoms with Crippen LogP contribution in [0.15, 0.2) is 170 Å². The zero-order valence-electron chi connectivity index (χ0n) is 31.5. The highest BCUT2D eigenvalue weighted by atomic mass is 19.4. The van der Waals surface area contributed by atoms with E-state index in [1.807, 2.05) is 130 Å². The monoisotopic (exact) mass is 779 g/mol. The fourth-order valence-electron chi connectivity index (χ4n) is 8.59. The van der Waals surface area contributed by atoms with Gasteiger partial charge in [-0.3, -0.25) is 0 Å². The standard InChI is InChI=1S/C52H28F3N5/c1-58-38-12-7-11-35(27-38)37-21-24-48-42(29-37)40-14-3-5-17-46(40)60(48)50-18-8-15-44(52(53,54)55)51(50)43-26-33(31-57)19-22-49(43)59-45-16-4-2-13-39(45)41-28-36(20-23-47(41)59)34-10-6-9-32(25-34)30-56/h2-29H. The first-order valence-electron chi connectivity index (χ1n) is 19.1. The summed E-state index contributed by atoms with van der Waals surface area (Å²) in [6.45, 7) is 7.53. The molecule has 8 aromatic carbocycles. The second kappa shape index (κ2) is 13.9. The molecule has 2 aromatic heterocycles. The number of rotatable bonds is 5. The highest BCUT2D eigenvalue weighted by Crippen LogP contribution is 2.47. The molecule has 10 aromatic rings. The van der Waals surface area contributed by atoms with Gasteiger partial charge in [-0.25, -0.2) is 4.85 Å². The molecule has 0 saturated heterocycles. The minimum Gasteiger partial charge on any atom is -0.309 e. The Morgan fingerprint density at radius 2 is 1.00 bits per heavy atom. The topological polar surface area (TPSA) is 61.8 Å². The molecule has 0 unspecified atom stereocenters. The molecule has 0 N–H and O–H groups in total. The lowest BCUT2D eigenvalue weighted by atomic mass is 9.93. The van der Waals surface area contributed by atoms with Gasteiger partial charge < -0.3 is 9.13 Å². The van der Waals surface area contributed by atoms with E-state index < -0.39 is 11.7 Å². The lowest BCUT2D eigenvalue weighted by molar-refractivity contribution is -0.137. The summed E-state index contributed by atoms with van der Waals surface area (Å²) in [6, 6.07) is 55.5. The number of para-hydroxylation sites is 2. The molecular weight excluding hydrogens is 752 g/mol. The fourth-order valence-corrected chi connectivity index (χ4v) is 8.59. The summed E-state index contributed by atoms with van der Waals surface area (Å²) in [7, 11) is 0. The van der Waals surface area contributed by atoms with Crippen LogP contribution in [0.2, 0.25) is 0 Å². The second-order valence-corrected chi connectivity index (χ2v) is 14.6. The van der Waals surface area contributed by atoms with Gasteiger partial charge in [-0.1, -0.05) is 84.9 Å². The van der Waals surface area contributed by atoms with Gasteiger partial charge in [0.1, 0.15) is 0 Å². The molecule has 0 fully saturated rings. The highest BCUT2D eigenvalue weighted by molar-refractivity contribution is 6.13. The maximum absolute atomic E-state index is 15.6. The first-order chi connectivity index (χ1) is 29.2. The summed E-state index contributed by atoms with van der Waals surface area (Å²) in [6.07, 6.45) is -4.77. The molecule has 5 nitrogen and oxygen atoms in total. The van der Waals surface area contributed by atoms with Crippen molar-refractivity contribution in [2.24, 2.45) is 0 Å². The van der Waals surface area contributed by atoms with Gasteiger partial charge in [0.15, 0.2) is 5.69 Å². The van der Waals surface area contributed by atoms with Crippen molar-refractivity contribution in [2.45, 2.75) is 6.18 Å². The SMILES string of the molecule is [C-]#[N+]c1cccc(-c2ccc3c(c2)c2ccccc2n3-c2cccc(C(F)(F)F)c2-c2cc(C#N)ccc2-n2c3ccccc3c3cc(-c4cccc(C#N)c4)ccc32)c1. The molecule has 2 heterocycles. The van der Waals surface area contributed by atoms with E-state index in [0.29, 0.717) is 33.7 Å². The Morgan fingerprint density at radius 3 is 1.62 bits per heavy atom. The minimum atomic E-state index is -4.77. The molecule has 0 bridgehead atoms. The van der Waals surface area contributed by atoms with Gasteiger partial charge in [0.25, 0.3) is 0 Å². The molecule has 0 spiro atoms. The molecule has 10 rings (SSSR count). The molecule has 0 aliphatic carbocycles. The fraction of sp³-hybridized carbons (Fsp3) is 0.0192. The Balaban J connectivity index is 1.27. The normalized spacial score (nSPS) is 11.5. The number of fused-ring (bicyclic) bond motifs is 6. The van der Waals surface area contributed by atoms with Crippen LogP contribution in [0.3, 0.4) is 0 Å². The summed E-state index contributed by atoms with van der Waals surface area (Å²) in [5.74, 6) is 0. The third kappa shape index (κ3) is 5.77. The van der Waals surface area contributed by atoms with E-state index in [4.69, 9.17) is 6.57 Å². The lowest BCUT2D eigenvalue weighted by Gasteiger charge is -2.22. The number of hydrogen-bond donors (Lipinski definition) is 0. The number of benzene rings is 8. The maximum Gasteiger partial charge on any atom is 0.417 e. The predicted molar refractivity (Wildman–Crippen MR) is 232 cm³/mol. The van der Waals surface area contributed by atoms with Gasteiger partial charge >= 0.3 is 6.18 Å². The molecule has 0 amide bonds. The van der Waals surface area contributed by atoms with Gasteiger partial charge in [0.05, 0.1) is 68.8 Å². The Bertz CT molecular complexity index is 3530. The number of aromatic nitrogens is 2. The first kappa shape index (κ1) is 36.0. The first-order valence-corrected chi connectivity index (χ1v) is 19.1. The van der Waals surface area contributed by atoms with Crippen molar-refractivity contribution in [1.29, 1.82) is 10.5 Å². The van der Waals surface area contributed by atoms with E-state index in [-0.39, 0.29) is 16.7 Å². The van der Waals surface area contributed by atoms with Crippen LogP contribution < -0.4 is 0 Å². The third-order valence-corrected chi connectivity index (χ3v) is 11.2. The number of nitriles is 2. The summed E-state index contributed by atoms with van der Waals surface area (Å²) < 4.78 is 50.6. The van der Waals surface area contributed by atoms with Gasteiger partial charge in [-0.05, 0) is 107 Å². The minimum absolute atomic E-state index is 0.0653. The Hall–Kier alpha value is -8.38. The average Bonchev–Trinajstić information content (AvgIpc) is 3.80. The van der Waals surface area contributed by atoms with Gasteiger partial charge in [0.2, 0.25) is 0 Å². The largest absolute Gasteiger partial charge is 0.417 e. The molecule has 282 valence electrons. The van der Waals surface area contributed by atoms with Crippen molar-refractivity contribution < 1.29 is 13.2 Å². The van der Waals surface area contributed by atoms with E-state index in [1.165, 1.54) is 6.07 Å². The Labute approximate surface area is 342 Å². The zero-order valence-corrected chi connectivity index (χ0v) is 31.5. The lowest BCUT2D eigenvalue weighted by Crippen LogP contribution is -2.11. The van der Waals surface area contributed by atoms with Crippen LogP contribution in [0.4, 0.5) is 18.9 Å². The van der Waals surface area contributed by atoms with E-state index >= 15 is 13.2 Å². The molecule has 0 aliphatic heterocycles. The maximum atomic E-state index is 15.6. The van der Waals surface area contributed by atoms with Crippen LogP contribution in [0.25, 0.3) is 93.2 Å². The van der Waals surface area contributed by atoms with Crippen molar-refractivity contribution in [2.75, 3.05) is 0 Å². The van der Waals surface area contributed by atoms with Crippen LogP contribution >= 0.6 is 0 Å². The smallest absolute Gasteiger partial charge is 0.309 e. The van der Waals surface area contributed by atoms with E-state index in [0.717, 1.165) is 60.9 Å². The summed E-state index contributed by atoms with van der Waals surface area (Å²) in [4.78, 5) is 3.60. The van der Waals surface area contributed by atoms with Gasteiger partial charge in [-0.15, -0.1) is 0 Å². The number of alkyl halides is 3. The number of halogens is 3. The summed E-state index contributed by atoms with van der Waals surface area (Å²) >= 11 is 0. The molecule has 0 aliphatic rings. The molecule has 0 atom stereocenters. The Kier molecular flexibility index (Phi) is 8.35. The van der Waals surface area contributed by atoms with Crippen molar-refractivity contribution in [1.82, 2.24) is 9.13 Å². The predicted octanol–water partition coefficient (Wildman–Crippen LogP) is 14.2. The van der Waals surface area contributed by atoms with Crippen molar-refractivity contribution >= 4 is 49.3 Å². The van der Waals surface area contributed by atoms with E-state index in [1.54, 1.807) is 36.4 Å². The van der Waals surface area contributed by atoms with Crippen molar-refractivity contribution in [3.05, 3.63) is 198 Å². The summed E-state index contributed by atoms with van der Waals surface area (Å²) in [5, 5.41) is 23.3. The second-order valence-electron chi connectivity index (χ2n) is 14.6. The molecular formula is C52H28F3N5. The van der Waals surface area contributed by atoms with Crippen molar-refractivity contribution in [3.8, 4) is 56.9 Å². The van der Waals surface area contributed by atoms with Crippen LogP contribution in [0.1, 0.15) is 16.7 Å². The van der Waals surface area contributed by atoms with Crippen LogP contribution in [-0.2, 0) is 6.18 Å². The third-order valence-electron chi connectivity index (χ3n) is 11.2. The van der Waals surface area contributed by atoms with Crippen molar-refractivity contribution in [3.63, 3.8) is 0 Å². The molecule has 8 heteroatoms. The van der Waals surface area contributed by atoms with Crippen LogP contribution in [-0.4, -0.2) is 9.13 Å². The Morgan fingerprint density at radius 1 is 0.467 bits per heavy atom. The van der Waals surface area contributed by atoms with Gasteiger partial charge in [-0.2, -0.15) is 23.7 Å². The number of hydrogen-bond acceptors (Lipinski definition) is 2. The summed E-state index contributed by atoms with van der Waals surface area (Å²) in [5.41, 5.74) is 7.80. The van der Waals surface area contributed by atoms with Crippen LogP contribution in [0.5, 0.6) is 0 Å². The van der Waals surface area contributed by atoms with E-state index in [2.05, 4.69) is 17.0 Å². The molecule has 0 radical (unpaired) electrons. The molecule has 0 saturated carbocycles. The number of nitrogens with zero attached hydrogens (tertiary/aromatic N) is 5. The average molecular weight is 780 g/mol. The quantitative estimate of drug-likeness (QED) is 0.163. The van der Waals surface area contributed by atoms with Gasteiger partial charge in [0, 0.05) is 32.7 Å². The molecule has 60 heavy (non-hydrogen) atoms.